The van der Waals surface area contributed by atoms with Crippen molar-refractivity contribution >= 4 is 33.1 Å². The zero-order valence-electron chi connectivity index (χ0n) is 12.6. The van der Waals surface area contributed by atoms with Crippen LogP contribution in [0.4, 0.5) is 0 Å². The van der Waals surface area contributed by atoms with Gasteiger partial charge in [-0.05, 0) is 36.2 Å². The average molecular weight is 392 g/mol. The number of benzene rings is 2. The molecule has 23 heavy (non-hydrogen) atoms. The molecule has 0 aromatic heterocycles. The fourth-order valence-electron chi connectivity index (χ4n) is 2.09. The van der Waals surface area contributed by atoms with Gasteiger partial charge >= 0.3 is 0 Å². The van der Waals surface area contributed by atoms with Crippen LogP contribution in [0.25, 0.3) is 0 Å². The fourth-order valence-corrected chi connectivity index (χ4v) is 2.61. The highest BCUT2D eigenvalue weighted by Crippen LogP contribution is 2.23. The van der Waals surface area contributed by atoms with Crippen LogP contribution in [-0.4, -0.2) is 18.2 Å². The van der Waals surface area contributed by atoms with Crippen LogP contribution < -0.4 is 15.2 Å². The summed E-state index contributed by atoms with van der Waals surface area (Å²) in [5.41, 5.74) is 7.54. The molecule has 0 aliphatic carbocycles. The molecule has 0 radical (unpaired) electrons. The Kier molecular flexibility index (Phi) is 6.62. The Morgan fingerprint density at radius 1 is 1.13 bits per heavy atom. The quantitative estimate of drug-likeness (QED) is 0.414. The zero-order valence-corrected chi connectivity index (χ0v) is 15.0. The van der Waals surface area contributed by atoms with Crippen LogP contribution >= 0.6 is 28.1 Å². The third-order valence-electron chi connectivity index (χ3n) is 3.14. The summed E-state index contributed by atoms with van der Waals surface area (Å²) in [7, 11) is 0. The molecule has 0 unspecified atom stereocenters. The van der Waals surface area contributed by atoms with Crippen molar-refractivity contribution in [3.05, 3.63) is 70.7 Å². The topological polar surface area (TPSA) is 44.5 Å². The standard InChI is InChI=1S/C18H18BrNO2S/c1-2-5-13-6-3-4-7-16(13)21-10-11-22-17-9-8-14(19)12-15(17)18(20)23/h2-4,6-9,12H,1,5,10-11H2,(H2,20,23). The minimum absolute atomic E-state index is 0.304. The summed E-state index contributed by atoms with van der Waals surface area (Å²) in [6.07, 6.45) is 2.63. The van der Waals surface area contributed by atoms with Gasteiger partial charge in [-0.15, -0.1) is 6.58 Å². The van der Waals surface area contributed by atoms with E-state index in [-0.39, 0.29) is 0 Å². The molecule has 2 N–H and O–H groups in total. The van der Waals surface area contributed by atoms with Crippen LogP contribution in [-0.2, 0) is 6.42 Å². The van der Waals surface area contributed by atoms with Gasteiger partial charge in [0.2, 0.25) is 0 Å². The third-order valence-corrected chi connectivity index (χ3v) is 3.86. The molecule has 120 valence electrons. The van der Waals surface area contributed by atoms with Crippen LogP contribution in [0.2, 0.25) is 0 Å². The van der Waals surface area contributed by atoms with E-state index >= 15 is 0 Å². The molecule has 0 aliphatic heterocycles. The molecule has 2 aromatic carbocycles. The number of ether oxygens (including phenoxy) is 2. The second-order valence-corrected chi connectivity index (χ2v) is 6.16. The summed E-state index contributed by atoms with van der Waals surface area (Å²) in [5.74, 6) is 1.50. The molecule has 3 nitrogen and oxygen atoms in total. The van der Waals surface area contributed by atoms with Crippen molar-refractivity contribution in [2.24, 2.45) is 5.73 Å². The predicted octanol–water partition coefficient (Wildman–Crippen LogP) is 4.27. The number of thiocarbonyl (C=S) groups is 1. The molecular weight excluding hydrogens is 374 g/mol. The van der Waals surface area contributed by atoms with Crippen molar-refractivity contribution in [1.82, 2.24) is 0 Å². The van der Waals surface area contributed by atoms with Gasteiger partial charge in [-0.3, -0.25) is 0 Å². The summed E-state index contributed by atoms with van der Waals surface area (Å²) in [5, 5.41) is 0. The number of hydrogen-bond donors (Lipinski definition) is 1. The summed E-state index contributed by atoms with van der Waals surface area (Å²) in [6, 6.07) is 13.5. The number of nitrogens with two attached hydrogens (primary N) is 1. The van der Waals surface area contributed by atoms with Gasteiger partial charge in [-0.1, -0.05) is 52.4 Å². The molecule has 2 aromatic rings. The molecule has 0 saturated heterocycles. The highest BCUT2D eigenvalue weighted by molar-refractivity contribution is 9.10. The van der Waals surface area contributed by atoms with Gasteiger partial charge in [0.25, 0.3) is 0 Å². The molecule has 0 amide bonds. The SMILES string of the molecule is C=CCc1ccccc1OCCOc1ccc(Br)cc1C(N)=S. The van der Waals surface area contributed by atoms with Gasteiger partial charge in [-0.25, -0.2) is 0 Å². The van der Waals surface area contributed by atoms with Crippen LogP contribution in [0, 0.1) is 0 Å². The van der Waals surface area contributed by atoms with Crippen molar-refractivity contribution in [2.75, 3.05) is 13.2 Å². The summed E-state index contributed by atoms with van der Waals surface area (Å²) in [4.78, 5) is 0.304. The van der Waals surface area contributed by atoms with Crippen molar-refractivity contribution in [2.45, 2.75) is 6.42 Å². The first-order valence-electron chi connectivity index (χ1n) is 7.15. The molecule has 0 bridgehead atoms. The smallest absolute Gasteiger partial charge is 0.129 e. The van der Waals surface area contributed by atoms with E-state index in [0.717, 1.165) is 22.2 Å². The summed E-state index contributed by atoms with van der Waals surface area (Å²) >= 11 is 8.44. The van der Waals surface area contributed by atoms with E-state index in [0.29, 0.717) is 29.5 Å². The lowest BCUT2D eigenvalue weighted by atomic mass is 10.1. The number of hydrogen-bond acceptors (Lipinski definition) is 3. The Labute approximate surface area is 150 Å². The van der Waals surface area contributed by atoms with E-state index in [1.165, 1.54) is 0 Å². The number of allylic oxidation sites excluding steroid dienone is 1. The molecule has 5 heteroatoms. The number of rotatable bonds is 8. The molecule has 0 fully saturated rings. The Morgan fingerprint density at radius 2 is 1.83 bits per heavy atom. The van der Waals surface area contributed by atoms with Gasteiger partial charge in [0.1, 0.15) is 29.7 Å². The molecule has 0 heterocycles. The lowest BCUT2D eigenvalue weighted by molar-refractivity contribution is 0.216. The van der Waals surface area contributed by atoms with Crippen molar-refractivity contribution < 1.29 is 9.47 Å². The highest BCUT2D eigenvalue weighted by atomic mass is 79.9. The molecule has 0 saturated carbocycles. The maximum absolute atomic E-state index is 5.79. The molecular formula is C18H18BrNO2S. The van der Waals surface area contributed by atoms with E-state index in [2.05, 4.69) is 22.5 Å². The van der Waals surface area contributed by atoms with Crippen LogP contribution in [0.1, 0.15) is 11.1 Å². The fraction of sp³-hybridized carbons (Fsp3) is 0.167. The van der Waals surface area contributed by atoms with E-state index in [1.54, 1.807) is 0 Å². The first-order valence-corrected chi connectivity index (χ1v) is 8.35. The molecule has 0 aliphatic rings. The molecule has 2 rings (SSSR count). The van der Waals surface area contributed by atoms with Crippen molar-refractivity contribution in [1.29, 1.82) is 0 Å². The van der Waals surface area contributed by atoms with Crippen LogP contribution in [0.15, 0.2) is 59.6 Å². The van der Waals surface area contributed by atoms with Crippen LogP contribution in [0.3, 0.4) is 0 Å². The lowest BCUT2D eigenvalue weighted by Crippen LogP contribution is -2.15. The van der Waals surface area contributed by atoms with Crippen molar-refractivity contribution in [3.8, 4) is 11.5 Å². The van der Waals surface area contributed by atoms with E-state index in [4.69, 9.17) is 27.4 Å². The van der Waals surface area contributed by atoms with Gasteiger partial charge < -0.3 is 15.2 Å². The van der Waals surface area contributed by atoms with Crippen LogP contribution in [0.5, 0.6) is 11.5 Å². The molecule has 0 spiro atoms. The number of halogens is 1. The Hall–Kier alpha value is -1.85. The van der Waals surface area contributed by atoms with Gasteiger partial charge in [0.15, 0.2) is 0 Å². The van der Waals surface area contributed by atoms with E-state index in [1.807, 2.05) is 48.5 Å². The first kappa shape index (κ1) is 17.5. The van der Waals surface area contributed by atoms with E-state index < -0.39 is 0 Å². The second kappa shape index (κ2) is 8.70. The predicted molar refractivity (Wildman–Crippen MR) is 101 cm³/mol. The summed E-state index contributed by atoms with van der Waals surface area (Å²) in [6.45, 7) is 4.59. The third kappa shape index (κ3) is 5.08. The van der Waals surface area contributed by atoms with E-state index in [9.17, 15) is 0 Å². The Morgan fingerprint density at radius 3 is 2.52 bits per heavy atom. The summed E-state index contributed by atoms with van der Waals surface area (Å²) < 4.78 is 12.4. The van der Waals surface area contributed by atoms with Gasteiger partial charge in [-0.2, -0.15) is 0 Å². The second-order valence-electron chi connectivity index (χ2n) is 4.80. The van der Waals surface area contributed by atoms with Gasteiger partial charge in [0.05, 0.1) is 5.56 Å². The maximum Gasteiger partial charge on any atom is 0.129 e. The first-order chi connectivity index (χ1) is 11.1. The molecule has 0 atom stereocenters. The Balaban J connectivity index is 1.94. The minimum atomic E-state index is 0.304. The monoisotopic (exact) mass is 391 g/mol. The van der Waals surface area contributed by atoms with Crippen molar-refractivity contribution in [3.63, 3.8) is 0 Å². The zero-order chi connectivity index (χ0) is 16.7. The lowest BCUT2D eigenvalue weighted by Gasteiger charge is -2.13. The largest absolute Gasteiger partial charge is 0.490 e. The highest BCUT2D eigenvalue weighted by Gasteiger charge is 2.08. The average Bonchev–Trinajstić information content (AvgIpc) is 2.54. The Bertz CT molecular complexity index is 703. The van der Waals surface area contributed by atoms with Gasteiger partial charge in [0, 0.05) is 4.47 Å². The normalized spacial score (nSPS) is 10.1. The number of para-hydroxylation sites is 1. The minimum Gasteiger partial charge on any atom is -0.490 e. The maximum atomic E-state index is 5.79.